The second kappa shape index (κ2) is 8.81. The van der Waals surface area contributed by atoms with Crippen LogP contribution >= 0.6 is 0 Å². The summed E-state index contributed by atoms with van der Waals surface area (Å²) in [5.41, 5.74) is 24.0. The van der Waals surface area contributed by atoms with Gasteiger partial charge in [0.1, 0.15) is 0 Å². The van der Waals surface area contributed by atoms with Crippen LogP contribution in [0.25, 0.3) is 44.5 Å². The zero-order valence-corrected chi connectivity index (χ0v) is 24.3. The van der Waals surface area contributed by atoms with Crippen LogP contribution in [0.5, 0.6) is 0 Å². The van der Waals surface area contributed by atoms with Gasteiger partial charge in [0.2, 0.25) is 0 Å². The van der Waals surface area contributed by atoms with Crippen LogP contribution in [0.3, 0.4) is 0 Å². The van der Waals surface area contributed by atoms with Gasteiger partial charge >= 0.3 is 0 Å². The molecular weight excluding hydrogens is 506 g/mol. The maximum atomic E-state index is 6.96. The first-order valence-electron chi connectivity index (χ1n) is 14.8. The molecule has 0 aromatic heterocycles. The molecule has 0 aliphatic heterocycles. The Morgan fingerprint density at radius 2 is 0.857 bits per heavy atom. The molecule has 0 saturated carbocycles. The molecule has 6 aromatic rings. The summed E-state index contributed by atoms with van der Waals surface area (Å²) in [5.74, 6) is 0. The molecule has 1 heteroatoms. The summed E-state index contributed by atoms with van der Waals surface area (Å²) in [5, 5.41) is 0. The van der Waals surface area contributed by atoms with Crippen molar-refractivity contribution in [2.24, 2.45) is 0 Å². The lowest BCUT2D eigenvalue weighted by Crippen LogP contribution is -2.26. The minimum atomic E-state index is -0.366. The normalized spacial score (nSPS) is 13.9. The van der Waals surface area contributed by atoms with Crippen molar-refractivity contribution in [1.82, 2.24) is 0 Å². The third kappa shape index (κ3) is 3.37. The molecule has 0 heterocycles. The van der Waals surface area contributed by atoms with Gasteiger partial charge in [0.25, 0.3) is 0 Å². The zero-order chi connectivity index (χ0) is 28.6. The lowest BCUT2D eigenvalue weighted by molar-refractivity contribution is 0.590. The first kappa shape index (κ1) is 24.9. The second-order valence-corrected chi connectivity index (χ2v) is 12.8. The average Bonchev–Trinajstić information content (AvgIpc) is 3.47. The van der Waals surface area contributed by atoms with Gasteiger partial charge in [0.15, 0.2) is 0 Å². The average molecular weight is 540 g/mol. The maximum Gasteiger partial charge on any atom is 0.0726 e. The molecule has 2 aliphatic rings. The molecule has 2 aliphatic carbocycles. The number of hydrogen-bond acceptors (Lipinski definition) is 1. The van der Waals surface area contributed by atoms with Crippen LogP contribution < -0.4 is 5.73 Å². The lowest BCUT2D eigenvalue weighted by atomic mass is 9.70. The fourth-order valence-corrected chi connectivity index (χ4v) is 7.41. The molecule has 0 unspecified atom stereocenters. The quantitative estimate of drug-likeness (QED) is 0.217. The van der Waals surface area contributed by atoms with E-state index in [-0.39, 0.29) is 10.8 Å². The van der Waals surface area contributed by atoms with Gasteiger partial charge < -0.3 is 5.73 Å². The van der Waals surface area contributed by atoms with E-state index < -0.39 is 0 Å². The second-order valence-electron chi connectivity index (χ2n) is 12.8. The highest BCUT2D eigenvalue weighted by atomic mass is 14.6. The summed E-state index contributed by atoms with van der Waals surface area (Å²) in [6.45, 7) is 6.76. The van der Waals surface area contributed by atoms with E-state index >= 15 is 0 Å². The fourth-order valence-electron chi connectivity index (χ4n) is 7.41. The van der Waals surface area contributed by atoms with Crippen molar-refractivity contribution < 1.29 is 0 Å². The van der Waals surface area contributed by atoms with E-state index in [1.54, 1.807) is 0 Å². The van der Waals surface area contributed by atoms with Gasteiger partial charge in [-0.15, -0.1) is 0 Å². The molecule has 0 amide bonds. The van der Waals surface area contributed by atoms with Crippen LogP contribution in [-0.4, -0.2) is 0 Å². The third-order valence-electron chi connectivity index (χ3n) is 9.45. The number of fused-ring (bicyclic) bond motifs is 10. The Balaban J connectivity index is 1.28. The monoisotopic (exact) mass is 539 g/mol. The summed E-state index contributed by atoms with van der Waals surface area (Å²) in [4.78, 5) is 0. The minimum Gasteiger partial charge on any atom is -0.398 e. The first-order chi connectivity index (χ1) is 20.4. The number of nitrogens with two attached hydrogens (primary N) is 1. The Bertz CT molecular complexity index is 1960. The minimum absolute atomic E-state index is 0.146. The zero-order valence-electron chi connectivity index (χ0n) is 24.3. The number of rotatable bonds is 2. The largest absolute Gasteiger partial charge is 0.398 e. The molecule has 6 aromatic carbocycles. The Labute approximate surface area is 248 Å². The first-order valence-corrected chi connectivity index (χ1v) is 14.8. The van der Waals surface area contributed by atoms with Crippen molar-refractivity contribution in [1.29, 1.82) is 0 Å². The van der Waals surface area contributed by atoms with Gasteiger partial charge in [-0.25, -0.2) is 0 Å². The Kier molecular flexibility index (Phi) is 5.22. The van der Waals surface area contributed by atoms with Crippen LogP contribution in [-0.2, 0) is 10.8 Å². The van der Waals surface area contributed by atoms with Crippen LogP contribution in [0.1, 0.15) is 48.6 Å². The molecule has 42 heavy (non-hydrogen) atoms. The molecule has 202 valence electrons. The molecule has 0 fully saturated rings. The van der Waals surface area contributed by atoms with Gasteiger partial charge in [0, 0.05) is 11.3 Å². The number of anilines is 1. The highest BCUT2D eigenvalue weighted by Gasteiger charge is 2.51. The van der Waals surface area contributed by atoms with Gasteiger partial charge in [-0.3, -0.25) is 0 Å². The summed E-state index contributed by atoms with van der Waals surface area (Å²) in [6.07, 6.45) is 0. The summed E-state index contributed by atoms with van der Waals surface area (Å²) < 4.78 is 0. The van der Waals surface area contributed by atoms with Gasteiger partial charge in [0.05, 0.1) is 5.41 Å². The lowest BCUT2D eigenvalue weighted by Gasteiger charge is -2.30. The molecule has 1 spiro atoms. The molecule has 8 rings (SSSR count). The fraction of sp³-hybridized carbons (Fsp3) is 0.122. The topological polar surface area (TPSA) is 26.0 Å². The molecule has 0 radical (unpaired) electrons. The predicted molar refractivity (Wildman–Crippen MR) is 177 cm³/mol. The standard InChI is InChI=1S/C41H33N/c1-40(2,3)29-22-20-27(21-23-29)26-16-18-28(19-17-26)33-24-34-32-12-6-9-15-37(32)41(38(34)25-39(33)42)35-13-7-4-10-30(35)31-11-5-8-14-36(31)41/h4-25H,42H2,1-3H3. The van der Waals surface area contributed by atoms with Crippen LogP contribution in [0.4, 0.5) is 5.69 Å². The van der Waals surface area contributed by atoms with Gasteiger partial charge in [-0.1, -0.05) is 142 Å². The highest BCUT2D eigenvalue weighted by molar-refractivity contribution is 5.97. The van der Waals surface area contributed by atoms with Crippen LogP contribution in [0.15, 0.2) is 133 Å². The van der Waals surface area contributed by atoms with E-state index in [2.05, 4.69) is 154 Å². The van der Waals surface area contributed by atoms with E-state index in [1.807, 2.05) is 0 Å². The van der Waals surface area contributed by atoms with Crippen molar-refractivity contribution in [2.45, 2.75) is 31.6 Å². The molecule has 0 atom stereocenters. The van der Waals surface area contributed by atoms with Gasteiger partial charge in [-0.05, 0) is 84.3 Å². The van der Waals surface area contributed by atoms with Crippen molar-refractivity contribution in [3.05, 3.63) is 161 Å². The Morgan fingerprint density at radius 3 is 1.36 bits per heavy atom. The number of nitrogen functional groups attached to an aromatic ring is 1. The van der Waals surface area contributed by atoms with E-state index in [1.165, 1.54) is 61.2 Å². The Morgan fingerprint density at radius 1 is 0.429 bits per heavy atom. The molecule has 1 nitrogen and oxygen atoms in total. The van der Waals surface area contributed by atoms with E-state index in [0.29, 0.717) is 0 Å². The van der Waals surface area contributed by atoms with Crippen molar-refractivity contribution >= 4 is 5.69 Å². The predicted octanol–water partition coefficient (Wildman–Crippen LogP) is 10.2. The summed E-state index contributed by atoms with van der Waals surface area (Å²) in [7, 11) is 0. The molecule has 0 saturated heterocycles. The third-order valence-corrected chi connectivity index (χ3v) is 9.45. The molecule has 0 bridgehead atoms. The SMILES string of the molecule is CC(C)(C)c1ccc(-c2ccc(-c3cc4c(cc3N)C3(c5ccccc5-c5ccccc53)c3ccccc3-4)cc2)cc1. The Hall–Kier alpha value is -4.88. The molecular formula is C41H33N. The number of hydrogen-bond donors (Lipinski definition) is 1. The van der Waals surface area contributed by atoms with Gasteiger partial charge in [-0.2, -0.15) is 0 Å². The highest BCUT2D eigenvalue weighted by Crippen LogP contribution is 2.63. The summed E-state index contributed by atoms with van der Waals surface area (Å²) in [6, 6.07) is 49.1. The maximum absolute atomic E-state index is 6.96. The smallest absolute Gasteiger partial charge is 0.0726 e. The number of benzene rings is 6. The van der Waals surface area contributed by atoms with Crippen LogP contribution in [0, 0.1) is 0 Å². The summed E-state index contributed by atoms with van der Waals surface area (Å²) >= 11 is 0. The van der Waals surface area contributed by atoms with E-state index in [4.69, 9.17) is 5.73 Å². The van der Waals surface area contributed by atoms with Crippen LogP contribution in [0.2, 0.25) is 0 Å². The van der Waals surface area contributed by atoms with Crippen molar-refractivity contribution in [3.8, 4) is 44.5 Å². The van der Waals surface area contributed by atoms with Crippen molar-refractivity contribution in [2.75, 3.05) is 5.73 Å². The van der Waals surface area contributed by atoms with E-state index in [9.17, 15) is 0 Å². The molecule has 2 N–H and O–H groups in total. The van der Waals surface area contributed by atoms with Crippen molar-refractivity contribution in [3.63, 3.8) is 0 Å². The van der Waals surface area contributed by atoms with E-state index in [0.717, 1.165) is 16.8 Å².